The van der Waals surface area contributed by atoms with Crippen LogP contribution < -0.4 is 10.1 Å². The van der Waals surface area contributed by atoms with E-state index in [1.54, 1.807) is 6.92 Å². The molecule has 1 aliphatic carbocycles. The molecule has 0 fully saturated rings. The molecule has 31 heavy (non-hydrogen) atoms. The molecular formula is C27H29NO3. The van der Waals surface area contributed by atoms with Gasteiger partial charge in [0.15, 0.2) is 0 Å². The van der Waals surface area contributed by atoms with Crippen molar-refractivity contribution >= 4 is 5.97 Å². The lowest BCUT2D eigenvalue weighted by molar-refractivity contribution is -0.139. The van der Waals surface area contributed by atoms with Crippen LogP contribution in [0.5, 0.6) is 5.75 Å². The van der Waals surface area contributed by atoms with Gasteiger partial charge in [0.2, 0.25) is 0 Å². The Kier molecular flexibility index (Phi) is 6.38. The zero-order valence-electron chi connectivity index (χ0n) is 18.2. The Morgan fingerprint density at radius 2 is 1.77 bits per heavy atom. The highest BCUT2D eigenvalue weighted by molar-refractivity contribution is 5.72. The van der Waals surface area contributed by atoms with E-state index in [4.69, 9.17) is 9.84 Å². The van der Waals surface area contributed by atoms with Gasteiger partial charge >= 0.3 is 5.97 Å². The van der Waals surface area contributed by atoms with Crippen molar-refractivity contribution in [3.63, 3.8) is 0 Å². The van der Waals surface area contributed by atoms with Gasteiger partial charge in [0.25, 0.3) is 0 Å². The summed E-state index contributed by atoms with van der Waals surface area (Å²) in [7, 11) is 0. The summed E-state index contributed by atoms with van der Waals surface area (Å²) in [5.41, 5.74) is 8.66. The summed E-state index contributed by atoms with van der Waals surface area (Å²) in [6, 6.07) is 20.4. The number of rotatable bonds is 8. The molecule has 4 nitrogen and oxygen atoms in total. The van der Waals surface area contributed by atoms with Crippen LogP contribution in [0.15, 0.2) is 60.7 Å². The van der Waals surface area contributed by atoms with Gasteiger partial charge < -0.3 is 15.2 Å². The smallest absolute Gasteiger partial charge is 0.320 e. The minimum absolute atomic E-state index is 0.534. The first-order chi connectivity index (χ1) is 15.0. The van der Waals surface area contributed by atoms with Crippen LogP contribution in [-0.4, -0.2) is 17.1 Å². The van der Waals surface area contributed by atoms with Crippen LogP contribution in [0.25, 0.3) is 11.1 Å². The van der Waals surface area contributed by atoms with Gasteiger partial charge in [-0.2, -0.15) is 0 Å². The molecule has 3 aromatic carbocycles. The molecule has 0 aliphatic heterocycles. The SMILES string of the molecule is Cc1c(COc2ccc(CN[C@@H](C)C(=O)O)c3c2CCC3)cccc1-c1ccccc1. The fourth-order valence-corrected chi connectivity index (χ4v) is 4.32. The molecule has 0 aromatic heterocycles. The highest BCUT2D eigenvalue weighted by Crippen LogP contribution is 2.34. The molecule has 2 N–H and O–H groups in total. The van der Waals surface area contributed by atoms with E-state index in [1.807, 2.05) is 12.1 Å². The Morgan fingerprint density at radius 1 is 1.00 bits per heavy atom. The summed E-state index contributed by atoms with van der Waals surface area (Å²) in [4.78, 5) is 11.1. The van der Waals surface area contributed by atoms with Gasteiger partial charge in [-0.05, 0) is 78.1 Å². The highest BCUT2D eigenvalue weighted by atomic mass is 16.5. The second-order valence-electron chi connectivity index (χ2n) is 8.22. The van der Waals surface area contributed by atoms with E-state index in [2.05, 4.69) is 60.8 Å². The van der Waals surface area contributed by atoms with Gasteiger partial charge in [0.1, 0.15) is 18.4 Å². The lowest BCUT2D eigenvalue weighted by Gasteiger charge is -2.17. The number of carbonyl (C=O) groups is 1. The molecule has 1 aliphatic rings. The average Bonchev–Trinajstić information content (AvgIpc) is 3.28. The van der Waals surface area contributed by atoms with E-state index < -0.39 is 12.0 Å². The van der Waals surface area contributed by atoms with Crippen molar-refractivity contribution in [2.24, 2.45) is 0 Å². The van der Waals surface area contributed by atoms with E-state index >= 15 is 0 Å². The van der Waals surface area contributed by atoms with Gasteiger partial charge in [-0.3, -0.25) is 4.79 Å². The number of carboxylic acid groups (broad SMARTS) is 1. The van der Waals surface area contributed by atoms with Crippen molar-refractivity contribution in [1.82, 2.24) is 5.32 Å². The van der Waals surface area contributed by atoms with Gasteiger partial charge in [0.05, 0.1) is 0 Å². The molecule has 0 amide bonds. The third kappa shape index (κ3) is 4.64. The fourth-order valence-electron chi connectivity index (χ4n) is 4.32. The fraction of sp³-hybridized carbons (Fsp3) is 0.296. The summed E-state index contributed by atoms with van der Waals surface area (Å²) in [6.07, 6.45) is 3.14. The first-order valence-electron chi connectivity index (χ1n) is 10.9. The molecule has 0 radical (unpaired) electrons. The van der Waals surface area contributed by atoms with Crippen LogP contribution in [0.1, 0.15) is 41.2 Å². The van der Waals surface area contributed by atoms with Crippen molar-refractivity contribution in [2.45, 2.75) is 52.3 Å². The maximum Gasteiger partial charge on any atom is 0.320 e. The van der Waals surface area contributed by atoms with E-state index in [-0.39, 0.29) is 0 Å². The molecule has 4 heteroatoms. The number of fused-ring (bicyclic) bond motifs is 1. The zero-order valence-corrected chi connectivity index (χ0v) is 18.2. The van der Waals surface area contributed by atoms with Crippen molar-refractivity contribution in [3.05, 3.63) is 88.5 Å². The number of hydrogen-bond donors (Lipinski definition) is 2. The molecule has 0 bridgehead atoms. The van der Waals surface area contributed by atoms with Crippen LogP contribution >= 0.6 is 0 Å². The summed E-state index contributed by atoms with van der Waals surface area (Å²) >= 11 is 0. The van der Waals surface area contributed by atoms with Crippen LogP contribution in [-0.2, 0) is 30.8 Å². The Hall–Kier alpha value is -3.11. The monoisotopic (exact) mass is 415 g/mol. The third-order valence-corrected chi connectivity index (χ3v) is 6.22. The number of carboxylic acids is 1. The number of aliphatic carboxylic acids is 1. The van der Waals surface area contributed by atoms with E-state index in [9.17, 15) is 4.79 Å². The first kappa shape index (κ1) is 21.1. The molecule has 0 saturated carbocycles. The van der Waals surface area contributed by atoms with Crippen molar-refractivity contribution in [3.8, 4) is 16.9 Å². The van der Waals surface area contributed by atoms with Crippen LogP contribution in [0.2, 0.25) is 0 Å². The van der Waals surface area contributed by atoms with Crippen LogP contribution in [0.4, 0.5) is 0 Å². The largest absolute Gasteiger partial charge is 0.489 e. The normalized spacial score (nSPS) is 13.6. The maximum absolute atomic E-state index is 11.1. The lowest BCUT2D eigenvalue weighted by Crippen LogP contribution is -2.33. The molecule has 0 unspecified atom stereocenters. The quantitative estimate of drug-likeness (QED) is 0.525. The summed E-state index contributed by atoms with van der Waals surface area (Å²) in [5.74, 6) is 0.122. The minimum atomic E-state index is -0.829. The van der Waals surface area contributed by atoms with Gasteiger partial charge in [-0.1, -0.05) is 54.6 Å². The maximum atomic E-state index is 11.1. The average molecular weight is 416 g/mol. The standard InChI is InChI=1S/C27H29NO3/c1-18-22(10-6-11-23(18)20-8-4-3-5-9-20)17-31-26-15-14-21(16-28-19(2)27(29)30)24-12-7-13-25(24)26/h3-6,8-11,14-15,19,28H,7,12-13,16-17H2,1-2H3,(H,29,30)/t19-/m0/s1. The number of benzene rings is 3. The molecule has 1 atom stereocenters. The van der Waals surface area contributed by atoms with Gasteiger partial charge in [-0.15, -0.1) is 0 Å². The van der Waals surface area contributed by atoms with Crippen molar-refractivity contribution < 1.29 is 14.6 Å². The Bertz CT molecular complexity index is 1080. The third-order valence-electron chi connectivity index (χ3n) is 6.22. The molecule has 3 aromatic rings. The molecule has 160 valence electrons. The Labute approximate surface area is 183 Å². The molecule has 4 rings (SSSR count). The number of nitrogens with one attached hydrogen (secondary N) is 1. The molecule has 0 saturated heterocycles. The van der Waals surface area contributed by atoms with Crippen molar-refractivity contribution in [1.29, 1.82) is 0 Å². The molecule has 0 spiro atoms. The van der Waals surface area contributed by atoms with Gasteiger partial charge in [0, 0.05) is 6.54 Å². The summed E-state index contributed by atoms with van der Waals surface area (Å²) < 4.78 is 6.31. The minimum Gasteiger partial charge on any atom is -0.489 e. The molecular weight excluding hydrogens is 386 g/mol. The highest BCUT2D eigenvalue weighted by Gasteiger charge is 2.20. The second-order valence-corrected chi connectivity index (χ2v) is 8.22. The molecule has 0 heterocycles. The first-order valence-corrected chi connectivity index (χ1v) is 10.9. The van der Waals surface area contributed by atoms with Crippen molar-refractivity contribution in [2.75, 3.05) is 0 Å². The van der Waals surface area contributed by atoms with Crippen LogP contribution in [0.3, 0.4) is 0 Å². The van der Waals surface area contributed by atoms with E-state index in [0.717, 1.165) is 25.0 Å². The zero-order chi connectivity index (χ0) is 21.8. The van der Waals surface area contributed by atoms with Crippen LogP contribution in [0, 0.1) is 6.92 Å². The Morgan fingerprint density at radius 3 is 2.55 bits per heavy atom. The predicted octanol–water partition coefficient (Wildman–Crippen LogP) is 5.29. The second kappa shape index (κ2) is 9.36. The lowest BCUT2D eigenvalue weighted by atomic mass is 9.97. The summed E-state index contributed by atoms with van der Waals surface area (Å²) in [6.45, 7) is 4.93. The van der Waals surface area contributed by atoms with E-state index in [0.29, 0.717) is 13.2 Å². The summed E-state index contributed by atoms with van der Waals surface area (Å²) in [5, 5.41) is 12.2. The van der Waals surface area contributed by atoms with Gasteiger partial charge in [-0.25, -0.2) is 0 Å². The number of ether oxygens (including phenoxy) is 1. The topological polar surface area (TPSA) is 58.6 Å². The predicted molar refractivity (Wildman–Crippen MR) is 123 cm³/mol. The Balaban J connectivity index is 1.51. The van der Waals surface area contributed by atoms with E-state index in [1.165, 1.54) is 38.9 Å². The number of hydrogen-bond acceptors (Lipinski definition) is 3.